The van der Waals surface area contributed by atoms with Crippen LogP contribution in [0.4, 0.5) is 39.5 Å². The topological polar surface area (TPSA) is 0 Å². The fourth-order valence-electron chi connectivity index (χ4n) is 9.03. The first-order valence-corrected chi connectivity index (χ1v) is 41.3. The Kier molecular flexibility index (Phi) is 40.4. The van der Waals surface area contributed by atoms with Gasteiger partial charge in [-0.15, -0.1) is 113 Å². The van der Waals surface area contributed by atoms with Gasteiger partial charge >= 0.3 is 12.4 Å². The largest absolute Gasteiger partial charge is 0.417 e. The van der Waals surface area contributed by atoms with Gasteiger partial charge in [0.15, 0.2) is 5.13 Å². The van der Waals surface area contributed by atoms with Gasteiger partial charge in [0.2, 0.25) is 0 Å². The highest BCUT2D eigenvalue weighted by Crippen LogP contribution is 2.38. The van der Waals surface area contributed by atoms with Crippen molar-refractivity contribution in [2.75, 3.05) is 0 Å². The molecule has 10 rings (SSSR count). The molecule has 0 aromatic carbocycles. The number of hydrogen-bond donors (Lipinski definition) is 0. The highest BCUT2D eigenvalue weighted by Gasteiger charge is 2.35. The van der Waals surface area contributed by atoms with Crippen LogP contribution in [0.3, 0.4) is 0 Å². The van der Waals surface area contributed by atoms with Gasteiger partial charge in [-0.3, -0.25) is 0 Å². The molecule has 10 heterocycles. The Labute approximate surface area is 624 Å². The third kappa shape index (κ3) is 30.4. The van der Waals surface area contributed by atoms with Crippen LogP contribution in [-0.2, 0) is 12.4 Å². The molecule has 0 bridgehead atoms. The van der Waals surface area contributed by atoms with Crippen LogP contribution >= 0.6 is 113 Å². The van der Waals surface area contributed by atoms with Gasteiger partial charge in [0.1, 0.15) is 11.6 Å². The van der Waals surface area contributed by atoms with E-state index in [1.165, 1.54) is 155 Å². The van der Waals surface area contributed by atoms with Crippen molar-refractivity contribution >= 4 is 113 Å². The zero-order valence-corrected chi connectivity index (χ0v) is 71.9. The van der Waals surface area contributed by atoms with Crippen LogP contribution in [0.5, 0.6) is 0 Å². The molecule has 98 heavy (non-hydrogen) atoms. The Morgan fingerprint density at radius 3 is 0.765 bits per heavy atom. The number of rotatable bonds is 6. The molecule has 0 fully saturated rings. The molecule has 0 saturated heterocycles. The number of halogens is 9. The second-order valence-corrected chi connectivity index (χ2v) is 37.3. The minimum Gasteiger partial charge on any atom is -0.206 e. The van der Waals surface area contributed by atoms with E-state index in [1.807, 2.05) is 81.9 Å². The van der Waals surface area contributed by atoms with Crippen LogP contribution < -0.4 is 0 Å². The van der Waals surface area contributed by atoms with Gasteiger partial charge in [-0.2, -0.15) is 30.7 Å². The highest BCUT2D eigenvalue weighted by molar-refractivity contribution is 7.13. The zero-order valence-electron chi connectivity index (χ0n) is 63.7. The van der Waals surface area contributed by atoms with Crippen molar-refractivity contribution in [3.8, 4) is 0 Å². The SMILES string of the molecule is Cc1c(C(C)C)csc1C(C)C.Cc1cc(C(F)(F)F)c(C)s1.Cc1csc(C(C)C)c1C.Cc1csc(C)c1C.Cc1csc(C)c1C.Cc1sc(C(C)C)cc1C(C)C.Cc1sc(F)cc1C(F)(F)F.Cc1scc(C(C)C)c1C.Cc1scc(F)c1C.Cc1scc(F)c1C. The molecule has 0 nitrogen and oxygen atoms in total. The maximum absolute atomic E-state index is 12.3. The quantitative estimate of drug-likeness (QED) is 0.146. The van der Waals surface area contributed by atoms with Crippen molar-refractivity contribution in [2.45, 2.75) is 262 Å². The summed E-state index contributed by atoms with van der Waals surface area (Å²) in [6, 6.07) is 4.06. The van der Waals surface area contributed by atoms with Crippen LogP contribution in [-0.4, -0.2) is 0 Å². The molecule has 0 aliphatic heterocycles. The van der Waals surface area contributed by atoms with E-state index in [4.69, 9.17) is 0 Å². The lowest BCUT2D eigenvalue weighted by Crippen LogP contribution is -2.04. The maximum atomic E-state index is 12.3. The van der Waals surface area contributed by atoms with E-state index in [9.17, 15) is 39.5 Å². The summed E-state index contributed by atoms with van der Waals surface area (Å²) in [6.45, 7) is 65.1. The smallest absolute Gasteiger partial charge is 0.206 e. The Morgan fingerprint density at radius 1 is 0.276 bits per heavy atom. The van der Waals surface area contributed by atoms with E-state index in [1.54, 1.807) is 25.6 Å². The Bertz CT molecular complexity index is 3510. The molecule has 0 amide bonds. The average molecular weight is 1550 g/mol. The first-order chi connectivity index (χ1) is 45.0. The summed E-state index contributed by atoms with van der Waals surface area (Å²) in [4.78, 5) is 13.6. The molecule has 0 spiro atoms. The number of thiophene rings is 10. The molecule has 19 heteroatoms. The highest BCUT2D eigenvalue weighted by atomic mass is 32.1. The van der Waals surface area contributed by atoms with Crippen LogP contribution in [0.25, 0.3) is 0 Å². The average Bonchev–Trinajstić information content (AvgIpc) is 1.72. The molecular formula is C79H109F9S10. The molecule has 0 saturated carbocycles. The monoisotopic (exact) mass is 1550 g/mol. The maximum Gasteiger partial charge on any atom is 0.417 e. The van der Waals surface area contributed by atoms with Crippen LogP contribution in [0.15, 0.2) is 55.9 Å². The van der Waals surface area contributed by atoms with Gasteiger partial charge < -0.3 is 0 Å². The van der Waals surface area contributed by atoms with Gasteiger partial charge in [-0.05, 0) is 284 Å². The summed E-state index contributed by atoms with van der Waals surface area (Å²) < 4.78 is 109. The second-order valence-electron chi connectivity index (χ2n) is 26.1. The molecule has 10 aromatic heterocycles. The minimum atomic E-state index is -4.43. The third-order valence-electron chi connectivity index (χ3n) is 16.3. The predicted octanol–water partition coefficient (Wildman–Crippen LogP) is 32.5. The summed E-state index contributed by atoms with van der Waals surface area (Å²) in [5.74, 6) is 3.94. The van der Waals surface area contributed by atoms with E-state index in [2.05, 4.69) is 199 Å². The standard InChI is InChI=1S/2C11H18S.2C9H14S.C7H7F3S.2C7H10S.C6H4F4S.2C6H7FS/c1-7(2)10-6-12-11(8(3)4)9(10)5;1-7(2)10-6-11(8(3)4)12-9(10)5;1-6(2)9-5-10-8(4)7(9)3;1-6(2)9-8(4)7(3)5-10-9;1-4-3-6(5(2)11-4)7(8,9)10;2*1-5-4-8-7(3)6(5)2;1-3-4(6(8,9)10)2-5(7)11-3;2*1-4-5(2)8-3-6(4)7/h2*6-8H,1-5H3;2*5-6H,1-4H3;3H,1-2H3;2*4H,1-3H3;2H,1H3;2*3H,1-2H3. The molecule has 548 valence electrons. The summed E-state index contributed by atoms with van der Waals surface area (Å²) >= 11 is 15.9. The molecule has 0 aliphatic rings. The van der Waals surface area contributed by atoms with Crippen molar-refractivity contribution < 1.29 is 39.5 Å². The molecule has 0 unspecified atom stereocenters. The molecule has 0 atom stereocenters. The zero-order chi connectivity index (χ0) is 75.9. The van der Waals surface area contributed by atoms with E-state index in [0.717, 1.165) is 20.9 Å². The van der Waals surface area contributed by atoms with E-state index in [-0.39, 0.29) is 16.5 Å². The van der Waals surface area contributed by atoms with Gasteiger partial charge in [0.05, 0.1) is 11.1 Å². The Hall–Kier alpha value is -3.63. The molecule has 0 aliphatic carbocycles. The predicted molar refractivity (Wildman–Crippen MR) is 428 cm³/mol. The number of alkyl halides is 6. The summed E-state index contributed by atoms with van der Waals surface area (Å²) in [5.41, 5.74) is 16.5. The lowest BCUT2D eigenvalue weighted by molar-refractivity contribution is -0.138. The first-order valence-electron chi connectivity index (χ1n) is 32.7. The van der Waals surface area contributed by atoms with Crippen molar-refractivity contribution in [3.05, 3.63) is 215 Å². The molecular weight excluding hydrogens is 1440 g/mol. The van der Waals surface area contributed by atoms with E-state index < -0.39 is 28.6 Å². The number of aryl methyl sites for hydroxylation is 12. The van der Waals surface area contributed by atoms with Crippen molar-refractivity contribution in [1.82, 2.24) is 0 Å². The Morgan fingerprint density at radius 2 is 0.602 bits per heavy atom. The summed E-state index contributed by atoms with van der Waals surface area (Å²) in [7, 11) is 0. The van der Waals surface area contributed by atoms with E-state index in [0.29, 0.717) is 62.7 Å². The summed E-state index contributed by atoms with van der Waals surface area (Å²) in [6.07, 6.45) is -8.61. The lowest BCUT2D eigenvalue weighted by Gasteiger charge is -2.06. The fourth-order valence-corrected chi connectivity index (χ4v) is 18.5. The van der Waals surface area contributed by atoms with Gasteiger partial charge in [0, 0.05) is 69.3 Å². The molecule has 10 aromatic rings. The van der Waals surface area contributed by atoms with Gasteiger partial charge in [-0.25, -0.2) is 8.78 Å². The van der Waals surface area contributed by atoms with Crippen molar-refractivity contribution in [2.24, 2.45) is 0 Å². The van der Waals surface area contributed by atoms with Crippen molar-refractivity contribution in [1.29, 1.82) is 0 Å². The molecule has 0 radical (unpaired) electrons. The third-order valence-corrected chi connectivity index (χ3v) is 27.6. The second kappa shape index (κ2) is 42.8. The minimum absolute atomic E-state index is 0.0324. The van der Waals surface area contributed by atoms with Gasteiger partial charge in [0.25, 0.3) is 0 Å². The lowest BCUT2D eigenvalue weighted by atomic mass is 9.99. The van der Waals surface area contributed by atoms with Crippen LogP contribution in [0, 0.1) is 148 Å². The van der Waals surface area contributed by atoms with Crippen LogP contribution in [0.1, 0.15) is 261 Å². The fraction of sp³-hybridized carbons (Fsp3) is 0.494. The normalized spacial score (nSPS) is 11.0. The first kappa shape index (κ1) is 92.4. The number of hydrogen-bond acceptors (Lipinski definition) is 10. The summed E-state index contributed by atoms with van der Waals surface area (Å²) in [5, 5.41) is 13.5. The van der Waals surface area contributed by atoms with Gasteiger partial charge in [-0.1, -0.05) is 83.1 Å². The Balaban J connectivity index is 0.000000546. The van der Waals surface area contributed by atoms with Crippen LogP contribution in [0.2, 0.25) is 0 Å². The van der Waals surface area contributed by atoms with Crippen molar-refractivity contribution in [3.63, 3.8) is 0 Å². The molecule has 0 N–H and O–H groups in total. The van der Waals surface area contributed by atoms with E-state index >= 15 is 0 Å².